The molecular formula is C19H26N4O2. The van der Waals surface area contributed by atoms with Gasteiger partial charge in [-0.1, -0.05) is 45.0 Å². The number of amides is 2. The van der Waals surface area contributed by atoms with Gasteiger partial charge in [0.25, 0.3) is 5.91 Å². The van der Waals surface area contributed by atoms with Crippen LogP contribution in [0.3, 0.4) is 0 Å². The van der Waals surface area contributed by atoms with E-state index in [0.29, 0.717) is 19.4 Å². The smallest absolute Gasteiger partial charge is 0.273 e. The van der Waals surface area contributed by atoms with Crippen LogP contribution >= 0.6 is 0 Å². The van der Waals surface area contributed by atoms with E-state index in [1.54, 1.807) is 26.8 Å². The Balaban J connectivity index is 2.65. The van der Waals surface area contributed by atoms with E-state index in [1.807, 2.05) is 0 Å². The number of allylic oxidation sites excluding steroid dienone is 1. The predicted octanol–water partition coefficient (Wildman–Crippen LogP) is 2.63. The summed E-state index contributed by atoms with van der Waals surface area (Å²) in [4.78, 5) is 24.8. The Labute approximate surface area is 153 Å². The fourth-order valence-electron chi connectivity index (χ4n) is 2.51. The molecule has 1 heterocycles. The maximum Gasteiger partial charge on any atom is 0.273 e. The van der Waals surface area contributed by atoms with Crippen LogP contribution in [-0.2, 0) is 11.3 Å². The molecule has 3 N–H and O–H groups in total. The molecule has 0 aliphatic heterocycles. The minimum Gasteiger partial charge on any atom is -0.368 e. The fourth-order valence-corrected chi connectivity index (χ4v) is 2.51. The van der Waals surface area contributed by atoms with Crippen LogP contribution in [0.15, 0.2) is 36.8 Å². The van der Waals surface area contributed by atoms with Crippen LogP contribution in [0.4, 0.5) is 0 Å². The molecule has 0 unspecified atom stereocenters. The van der Waals surface area contributed by atoms with Crippen LogP contribution in [0.2, 0.25) is 0 Å². The van der Waals surface area contributed by atoms with Crippen molar-refractivity contribution in [2.75, 3.05) is 0 Å². The second kappa shape index (κ2) is 7.51. The third-order valence-electron chi connectivity index (χ3n) is 3.80. The molecule has 134 valence electrons. The van der Waals surface area contributed by atoms with Crippen molar-refractivity contribution in [1.82, 2.24) is 15.1 Å². The highest BCUT2D eigenvalue weighted by atomic mass is 16.2. The number of nitrogens with one attached hydrogen (secondary N) is 1. The first kappa shape index (κ1) is 13.6. The van der Waals surface area contributed by atoms with Gasteiger partial charge < -0.3 is 11.1 Å². The lowest BCUT2D eigenvalue weighted by atomic mass is 9.86. The van der Waals surface area contributed by atoms with Crippen molar-refractivity contribution >= 4 is 22.7 Å². The third-order valence-corrected chi connectivity index (χ3v) is 3.80. The van der Waals surface area contributed by atoms with Gasteiger partial charge in [0.2, 0.25) is 5.91 Å². The zero-order valence-corrected chi connectivity index (χ0v) is 14.8. The van der Waals surface area contributed by atoms with Gasteiger partial charge in [-0.05, 0) is 24.3 Å². The number of aromatic nitrogens is 2. The van der Waals surface area contributed by atoms with Crippen LogP contribution in [0.1, 0.15) is 49.6 Å². The summed E-state index contributed by atoms with van der Waals surface area (Å²) in [5, 5.41) is 6.86. The topological polar surface area (TPSA) is 90.0 Å². The number of hydrogen-bond donors (Lipinski definition) is 2. The molecule has 2 rings (SSSR count). The summed E-state index contributed by atoms with van der Waals surface area (Å²) in [5.74, 6) is -1.43. The summed E-state index contributed by atoms with van der Waals surface area (Å²) < 4.78 is 33.8. The van der Waals surface area contributed by atoms with Gasteiger partial charge in [-0.2, -0.15) is 5.10 Å². The van der Waals surface area contributed by atoms with Gasteiger partial charge in [0.05, 0.1) is 11.0 Å². The average Bonchev–Trinajstić information content (AvgIpc) is 3.01. The normalized spacial score (nSPS) is 15.0. The van der Waals surface area contributed by atoms with E-state index in [4.69, 9.17) is 11.2 Å². The Kier molecular flexibility index (Phi) is 4.09. The summed E-state index contributed by atoms with van der Waals surface area (Å²) in [6, 6.07) is -2.46. The van der Waals surface area contributed by atoms with E-state index in [-0.39, 0.29) is 28.7 Å². The molecule has 6 heteroatoms. The first-order chi connectivity index (χ1) is 13.4. The lowest BCUT2D eigenvalue weighted by molar-refractivity contribution is -0.122. The zero-order chi connectivity index (χ0) is 22.1. The van der Waals surface area contributed by atoms with E-state index in [1.165, 1.54) is 4.68 Å². The summed E-state index contributed by atoms with van der Waals surface area (Å²) in [6.45, 7) is 9.25. The van der Waals surface area contributed by atoms with Crippen molar-refractivity contribution in [1.29, 1.82) is 0 Å². The van der Waals surface area contributed by atoms with E-state index < -0.39 is 35.4 Å². The molecular weight excluding hydrogens is 316 g/mol. The van der Waals surface area contributed by atoms with Crippen molar-refractivity contribution in [2.24, 2.45) is 11.1 Å². The Morgan fingerprint density at radius 3 is 2.72 bits per heavy atom. The largest absolute Gasteiger partial charge is 0.368 e. The van der Waals surface area contributed by atoms with Gasteiger partial charge in [-0.3, -0.25) is 14.3 Å². The maximum absolute atomic E-state index is 13.0. The summed E-state index contributed by atoms with van der Waals surface area (Å²) in [5.41, 5.74) is 4.77. The van der Waals surface area contributed by atoms with Crippen LogP contribution in [0.5, 0.6) is 0 Å². The Hall–Kier alpha value is -2.63. The van der Waals surface area contributed by atoms with Gasteiger partial charge in [0.15, 0.2) is 5.69 Å². The zero-order valence-electron chi connectivity index (χ0n) is 18.8. The van der Waals surface area contributed by atoms with Gasteiger partial charge in [-0.15, -0.1) is 6.58 Å². The van der Waals surface area contributed by atoms with Gasteiger partial charge in [0.1, 0.15) is 6.04 Å². The summed E-state index contributed by atoms with van der Waals surface area (Å²) in [6.07, 6.45) is 3.05. The highest BCUT2D eigenvalue weighted by Crippen LogP contribution is 2.22. The van der Waals surface area contributed by atoms with Crippen LogP contribution < -0.4 is 11.1 Å². The molecule has 25 heavy (non-hydrogen) atoms. The number of unbranched alkanes of at least 4 members (excludes halogenated alkanes) is 1. The number of hydrogen-bond acceptors (Lipinski definition) is 3. The second-order valence-electron chi connectivity index (χ2n) is 6.90. The Morgan fingerprint density at radius 1 is 1.44 bits per heavy atom. The van der Waals surface area contributed by atoms with Crippen molar-refractivity contribution in [2.45, 2.75) is 46.2 Å². The molecule has 1 atom stereocenters. The van der Waals surface area contributed by atoms with Crippen LogP contribution in [0, 0.1) is 5.41 Å². The van der Waals surface area contributed by atoms with Crippen molar-refractivity contribution in [3.8, 4) is 0 Å². The van der Waals surface area contributed by atoms with Gasteiger partial charge in [-0.25, -0.2) is 0 Å². The predicted molar refractivity (Wildman–Crippen MR) is 99.1 cm³/mol. The van der Waals surface area contributed by atoms with Gasteiger partial charge in [0, 0.05) is 11.9 Å². The highest BCUT2D eigenvalue weighted by molar-refractivity contribution is 6.06. The molecule has 1 aromatic carbocycles. The molecule has 0 saturated carbocycles. The summed E-state index contributed by atoms with van der Waals surface area (Å²) >= 11 is 0. The van der Waals surface area contributed by atoms with Crippen molar-refractivity contribution < 1.29 is 15.1 Å². The number of benzene rings is 1. The van der Waals surface area contributed by atoms with E-state index in [9.17, 15) is 9.59 Å². The molecule has 0 bridgehead atoms. The van der Waals surface area contributed by atoms with E-state index >= 15 is 0 Å². The molecule has 1 aromatic heterocycles. The number of carbonyl (C=O) groups excluding carboxylic acids is 2. The standard InChI is InChI=1S/C19H26N4O2/c1-5-6-9-12-23-14-11-8-7-10-13(14)15(22-23)18(25)21-16(17(20)24)19(2,3)4/h5,7-8,10-11,16H,1,6,9,12H2,2-4H3,(H2,20,24)(H,21,25)/t16-/m1/s1/i7D,8D,10D,11D. The minimum atomic E-state index is -0.980. The van der Waals surface area contributed by atoms with Gasteiger partial charge >= 0.3 is 0 Å². The number of fused-ring (bicyclic) bond motifs is 1. The summed E-state index contributed by atoms with van der Waals surface area (Å²) in [7, 11) is 0. The van der Waals surface area contributed by atoms with E-state index in [0.717, 1.165) is 0 Å². The molecule has 0 radical (unpaired) electrons. The number of primary amides is 1. The Morgan fingerprint density at radius 2 is 2.12 bits per heavy atom. The SMILES string of the molecule is [2H]c1c([2H])c([2H])c2c(c(C(=O)N[C@H](C(N)=O)C(C)(C)C)nn2CCCC=C)c1[2H]. The lowest BCUT2D eigenvalue weighted by Gasteiger charge is -2.28. The number of para-hydroxylation sites is 1. The number of aryl methyl sites for hydroxylation is 1. The third kappa shape index (κ3) is 4.26. The molecule has 2 aromatic rings. The molecule has 0 saturated heterocycles. The number of nitrogens with two attached hydrogens (primary N) is 1. The quantitative estimate of drug-likeness (QED) is 0.596. The second-order valence-corrected chi connectivity index (χ2v) is 6.90. The first-order valence-corrected chi connectivity index (χ1v) is 8.09. The monoisotopic (exact) mass is 346 g/mol. The first-order valence-electron chi connectivity index (χ1n) is 10.1. The molecule has 0 fully saturated rings. The van der Waals surface area contributed by atoms with Crippen molar-refractivity contribution in [3.05, 3.63) is 42.5 Å². The molecule has 0 aliphatic rings. The Bertz CT molecular complexity index is 979. The molecule has 6 nitrogen and oxygen atoms in total. The van der Waals surface area contributed by atoms with Crippen molar-refractivity contribution in [3.63, 3.8) is 0 Å². The average molecular weight is 346 g/mol. The lowest BCUT2D eigenvalue weighted by Crippen LogP contribution is -2.52. The molecule has 0 aliphatic carbocycles. The molecule has 0 spiro atoms. The van der Waals surface area contributed by atoms with Crippen LogP contribution in [-0.4, -0.2) is 27.6 Å². The highest BCUT2D eigenvalue weighted by Gasteiger charge is 2.32. The minimum absolute atomic E-state index is 0.0178. The van der Waals surface area contributed by atoms with E-state index in [2.05, 4.69) is 17.0 Å². The number of rotatable bonds is 7. The fraction of sp³-hybridized carbons (Fsp3) is 0.421. The number of nitrogens with zero attached hydrogens (tertiary/aromatic N) is 2. The number of carbonyl (C=O) groups is 2. The molecule has 2 amide bonds. The maximum atomic E-state index is 13.0. The van der Waals surface area contributed by atoms with Crippen LogP contribution in [0.25, 0.3) is 10.9 Å².